The van der Waals surface area contributed by atoms with Gasteiger partial charge in [-0.25, -0.2) is 0 Å². The van der Waals surface area contributed by atoms with E-state index in [-0.39, 0.29) is 5.54 Å². The van der Waals surface area contributed by atoms with E-state index < -0.39 is 0 Å². The van der Waals surface area contributed by atoms with Gasteiger partial charge in [0.2, 0.25) is 0 Å². The van der Waals surface area contributed by atoms with Crippen LogP contribution in [0.15, 0.2) is 18.2 Å². The molecule has 6 heteroatoms. The number of aromatic nitrogens is 2. The van der Waals surface area contributed by atoms with Crippen molar-refractivity contribution in [2.24, 2.45) is 0 Å². The Morgan fingerprint density at radius 1 is 1.30 bits per heavy atom. The first-order valence-electron chi connectivity index (χ1n) is 6.38. The Morgan fingerprint density at radius 3 is 2.70 bits per heavy atom. The van der Waals surface area contributed by atoms with E-state index in [2.05, 4.69) is 58.9 Å². The molecule has 0 spiro atoms. The van der Waals surface area contributed by atoms with Gasteiger partial charge in [0.05, 0.1) is 5.02 Å². The van der Waals surface area contributed by atoms with E-state index in [0.29, 0.717) is 0 Å². The zero-order valence-electron chi connectivity index (χ0n) is 11.7. The first kappa shape index (κ1) is 16.1. The van der Waals surface area contributed by atoms with E-state index in [1.165, 1.54) is 0 Å². The number of nitrogens with one attached hydrogen (secondary N) is 1. The lowest BCUT2D eigenvalue weighted by molar-refractivity contribution is 0.429. The second-order valence-electron chi connectivity index (χ2n) is 5.56. The second kappa shape index (κ2) is 6.68. The van der Waals surface area contributed by atoms with Crippen LogP contribution in [0.2, 0.25) is 5.02 Å². The van der Waals surface area contributed by atoms with E-state index in [0.717, 1.165) is 37.1 Å². The standard InChI is InChI=1S/C14H17ClIN3S/c1-14(2,3)17-7-6-12-18-19-13(20-12)9-4-5-11(16)10(15)8-9/h4-5,8,17H,6-7H2,1-3H3. The monoisotopic (exact) mass is 421 g/mol. The van der Waals surface area contributed by atoms with Crippen LogP contribution in [0.1, 0.15) is 25.8 Å². The SMILES string of the molecule is CC(C)(C)NCCc1nnc(-c2ccc(I)c(Cl)c2)s1. The van der Waals surface area contributed by atoms with Crippen molar-refractivity contribution >= 4 is 45.5 Å². The Bertz CT molecular complexity index is 592. The van der Waals surface area contributed by atoms with Crippen LogP contribution >= 0.6 is 45.5 Å². The average Bonchev–Trinajstić information content (AvgIpc) is 2.80. The molecular weight excluding hydrogens is 405 g/mol. The highest BCUT2D eigenvalue weighted by Gasteiger charge is 2.11. The number of benzene rings is 1. The van der Waals surface area contributed by atoms with E-state index in [1.54, 1.807) is 11.3 Å². The zero-order valence-corrected chi connectivity index (χ0v) is 15.4. The maximum Gasteiger partial charge on any atom is 0.147 e. The zero-order chi connectivity index (χ0) is 14.8. The molecule has 0 bridgehead atoms. The van der Waals surface area contributed by atoms with Crippen molar-refractivity contribution < 1.29 is 0 Å². The number of rotatable bonds is 4. The first-order valence-corrected chi connectivity index (χ1v) is 8.65. The lowest BCUT2D eigenvalue weighted by Gasteiger charge is -2.19. The summed E-state index contributed by atoms with van der Waals surface area (Å²) in [6.45, 7) is 7.38. The highest BCUT2D eigenvalue weighted by Crippen LogP contribution is 2.28. The molecule has 2 aromatic rings. The van der Waals surface area contributed by atoms with Crippen LogP contribution in [0.5, 0.6) is 0 Å². The van der Waals surface area contributed by atoms with Gasteiger partial charge in [0.25, 0.3) is 0 Å². The molecule has 0 fully saturated rings. The number of halogens is 2. The molecule has 3 nitrogen and oxygen atoms in total. The van der Waals surface area contributed by atoms with Crippen LogP contribution < -0.4 is 5.32 Å². The predicted molar refractivity (Wildman–Crippen MR) is 94.5 cm³/mol. The fourth-order valence-corrected chi connectivity index (χ4v) is 3.00. The van der Waals surface area contributed by atoms with Gasteiger partial charge in [-0.1, -0.05) is 29.0 Å². The summed E-state index contributed by atoms with van der Waals surface area (Å²) in [5.41, 5.74) is 1.17. The van der Waals surface area contributed by atoms with Gasteiger partial charge in [0.15, 0.2) is 0 Å². The van der Waals surface area contributed by atoms with Gasteiger partial charge in [-0.05, 0) is 55.5 Å². The van der Waals surface area contributed by atoms with E-state index >= 15 is 0 Å². The molecule has 0 saturated heterocycles. The normalized spacial score (nSPS) is 11.8. The fourth-order valence-electron chi connectivity index (χ4n) is 1.64. The summed E-state index contributed by atoms with van der Waals surface area (Å²) in [5.74, 6) is 0. The highest BCUT2D eigenvalue weighted by atomic mass is 127. The van der Waals surface area contributed by atoms with E-state index in [9.17, 15) is 0 Å². The molecule has 0 atom stereocenters. The first-order chi connectivity index (χ1) is 9.35. The van der Waals surface area contributed by atoms with E-state index in [1.807, 2.05) is 18.2 Å². The number of hydrogen-bond donors (Lipinski definition) is 1. The Kier molecular flexibility index (Phi) is 5.39. The third-order valence-corrected chi connectivity index (χ3v) is 5.23. The largest absolute Gasteiger partial charge is 0.312 e. The quantitative estimate of drug-likeness (QED) is 0.744. The van der Waals surface area contributed by atoms with Crippen LogP contribution in [0.3, 0.4) is 0 Å². The molecule has 0 aliphatic carbocycles. The van der Waals surface area contributed by atoms with Crippen LogP contribution in [0, 0.1) is 3.57 Å². The van der Waals surface area contributed by atoms with Crippen molar-refractivity contribution in [2.75, 3.05) is 6.54 Å². The van der Waals surface area contributed by atoms with Crippen molar-refractivity contribution in [1.29, 1.82) is 0 Å². The van der Waals surface area contributed by atoms with Crippen LogP contribution in [0.25, 0.3) is 10.6 Å². The second-order valence-corrected chi connectivity index (χ2v) is 8.19. The summed E-state index contributed by atoms with van der Waals surface area (Å²) >= 11 is 9.99. The summed E-state index contributed by atoms with van der Waals surface area (Å²) in [6, 6.07) is 5.98. The molecule has 1 N–H and O–H groups in total. The molecule has 1 heterocycles. The van der Waals surface area contributed by atoms with Gasteiger partial charge < -0.3 is 5.32 Å². The van der Waals surface area contributed by atoms with Gasteiger partial charge in [0.1, 0.15) is 10.0 Å². The molecule has 0 saturated carbocycles. The molecule has 2 rings (SSSR count). The van der Waals surface area contributed by atoms with Gasteiger partial charge in [-0.2, -0.15) is 0 Å². The van der Waals surface area contributed by atoms with Crippen molar-refractivity contribution in [1.82, 2.24) is 15.5 Å². The molecule has 0 amide bonds. The topological polar surface area (TPSA) is 37.8 Å². The highest BCUT2D eigenvalue weighted by molar-refractivity contribution is 14.1. The molecule has 108 valence electrons. The van der Waals surface area contributed by atoms with Gasteiger partial charge >= 0.3 is 0 Å². The molecule has 1 aromatic heterocycles. The third-order valence-electron chi connectivity index (χ3n) is 2.63. The Morgan fingerprint density at radius 2 is 2.05 bits per heavy atom. The number of nitrogens with zero attached hydrogens (tertiary/aromatic N) is 2. The Hall–Kier alpha value is -0.240. The minimum absolute atomic E-state index is 0.136. The summed E-state index contributed by atoms with van der Waals surface area (Å²) in [6.07, 6.45) is 0.896. The van der Waals surface area contributed by atoms with Crippen molar-refractivity contribution in [2.45, 2.75) is 32.7 Å². The molecule has 0 aliphatic rings. The molecule has 1 aromatic carbocycles. The fraction of sp³-hybridized carbons (Fsp3) is 0.429. The lowest BCUT2D eigenvalue weighted by Crippen LogP contribution is -2.37. The molecule has 0 aliphatic heterocycles. The van der Waals surface area contributed by atoms with Crippen molar-refractivity contribution in [3.8, 4) is 10.6 Å². The maximum absolute atomic E-state index is 6.14. The molecule has 0 unspecified atom stereocenters. The van der Waals surface area contributed by atoms with Crippen LogP contribution in [-0.2, 0) is 6.42 Å². The summed E-state index contributed by atoms with van der Waals surface area (Å²) in [7, 11) is 0. The molecule has 0 radical (unpaired) electrons. The Balaban J connectivity index is 2.03. The van der Waals surface area contributed by atoms with E-state index in [4.69, 9.17) is 11.6 Å². The van der Waals surface area contributed by atoms with Crippen molar-refractivity contribution in [3.63, 3.8) is 0 Å². The molecular formula is C14H17ClIN3S. The van der Waals surface area contributed by atoms with Gasteiger partial charge in [-0.15, -0.1) is 10.2 Å². The summed E-state index contributed by atoms with van der Waals surface area (Å²) in [4.78, 5) is 0. The minimum atomic E-state index is 0.136. The maximum atomic E-state index is 6.14. The number of hydrogen-bond acceptors (Lipinski definition) is 4. The molecule has 20 heavy (non-hydrogen) atoms. The Labute approximate surface area is 142 Å². The van der Waals surface area contributed by atoms with Crippen LogP contribution in [0.4, 0.5) is 0 Å². The van der Waals surface area contributed by atoms with Crippen LogP contribution in [-0.4, -0.2) is 22.3 Å². The predicted octanol–water partition coefficient (Wildman–Crippen LogP) is 4.39. The summed E-state index contributed by atoms with van der Waals surface area (Å²) < 4.78 is 1.05. The van der Waals surface area contributed by atoms with Crippen molar-refractivity contribution in [3.05, 3.63) is 31.8 Å². The smallest absolute Gasteiger partial charge is 0.147 e. The van der Waals surface area contributed by atoms with Gasteiger partial charge in [-0.3, -0.25) is 0 Å². The van der Waals surface area contributed by atoms with Gasteiger partial charge in [0, 0.05) is 27.6 Å². The minimum Gasteiger partial charge on any atom is -0.312 e. The average molecular weight is 422 g/mol. The third kappa shape index (κ3) is 4.65. The summed E-state index contributed by atoms with van der Waals surface area (Å²) in [5, 5.41) is 14.7. The lowest BCUT2D eigenvalue weighted by atomic mass is 10.1.